The molecule has 3 atom stereocenters. The number of carboxylic acid groups (broad SMARTS) is 1. The average Bonchev–Trinajstić information content (AvgIpc) is 3.21. The highest BCUT2D eigenvalue weighted by Crippen LogP contribution is 2.38. The van der Waals surface area contributed by atoms with Crippen LogP contribution in [0.15, 0.2) is 24.3 Å². The van der Waals surface area contributed by atoms with Crippen LogP contribution in [0.1, 0.15) is 37.0 Å². The summed E-state index contributed by atoms with van der Waals surface area (Å²) in [5, 5.41) is 14.2. The van der Waals surface area contributed by atoms with Crippen LogP contribution in [0.5, 0.6) is 0 Å². The highest BCUT2D eigenvalue weighted by atomic mass is 16.4. The molecule has 0 bridgehead atoms. The van der Waals surface area contributed by atoms with E-state index in [1.54, 1.807) is 31.2 Å². The normalized spacial score (nSPS) is 20.4. The van der Waals surface area contributed by atoms with Gasteiger partial charge < -0.3 is 15.7 Å². The number of anilines is 1. The lowest BCUT2D eigenvalue weighted by molar-refractivity contribution is -0.137. The van der Waals surface area contributed by atoms with Gasteiger partial charge in [0.05, 0.1) is 0 Å². The summed E-state index contributed by atoms with van der Waals surface area (Å²) >= 11 is 0. The highest BCUT2D eigenvalue weighted by Gasteiger charge is 2.39. The first-order valence-electron chi connectivity index (χ1n) is 7.77. The van der Waals surface area contributed by atoms with Crippen LogP contribution in [0.2, 0.25) is 0 Å². The third-order valence-corrected chi connectivity index (χ3v) is 3.97. The van der Waals surface area contributed by atoms with Crippen molar-refractivity contribution in [2.75, 3.05) is 11.9 Å². The van der Waals surface area contributed by atoms with Crippen molar-refractivity contribution in [2.45, 2.75) is 26.7 Å². The number of benzene rings is 1. The van der Waals surface area contributed by atoms with E-state index in [1.165, 1.54) is 0 Å². The molecule has 1 fully saturated rings. The second kappa shape index (κ2) is 7.26. The minimum atomic E-state index is -0.884. The van der Waals surface area contributed by atoms with E-state index >= 15 is 0 Å². The first kappa shape index (κ1) is 17.0. The van der Waals surface area contributed by atoms with Gasteiger partial charge in [-0.05, 0) is 36.5 Å². The predicted molar refractivity (Wildman–Crippen MR) is 86.1 cm³/mol. The smallest absolute Gasteiger partial charge is 0.303 e. The molecule has 2 amide bonds. The van der Waals surface area contributed by atoms with Gasteiger partial charge in [-0.15, -0.1) is 0 Å². The fourth-order valence-electron chi connectivity index (χ4n) is 2.40. The second-order valence-electron chi connectivity index (χ2n) is 6.30. The lowest BCUT2D eigenvalue weighted by atomic mass is 10.1. The lowest BCUT2D eigenvalue weighted by Gasteiger charge is -2.11. The maximum Gasteiger partial charge on any atom is 0.303 e. The van der Waals surface area contributed by atoms with Crippen LogP contribution in [0.25, 0.3) is 0 Å². The molecule has 0 spiro atoms. The number of rotatable bonds is 7. The monoisotopic (exact) mass is 318 g/mol. The molecule has 0 aromatic heterocycles. The molecular formula is C17H22N2O4. The van der Waals surface area contributed by atoms with Gasteiger partial charge in [0.15, 0.2) is 0 Å². The quantitative estimate of drug-likeness (QED) is 0.717. The van der Waals surface area contributed by atoms with Crippen molar-refractivity contribution in [3.05, 3.63) is 29.8 Å². The van der Waals surface area contributed by atoms with Crippen molar-refractivity contribution in [2.24, 2.45) is 17.8 Å². The zero-order valence-electron chi connectivity index (χ0n) is 13.3. The number of aliphatic carboxylic acids is 1. The number of carbonyl (C=O) groups excluding carboxylic acids is 2. The fourth-order valence-corrected chi connectivity index (χ4v) is 2.40. The van der Waals surface area contributed by atoms with Gasteiger partial charge in [-0.2, -0.15) is 0 Å². The summed E-state index contributed by atoms with van der Waals surface area (Å²) in [5.74, 6) is -0.814. The summed E-state index contributed by atoms with van der Waals surface area (Å²) in [6, 6.07) is 6.74. The Kier molecular flexibility index (Phi) is 5.36. The number of nitrogens with one attached hydrogen (secondary N) is 2. The molecule has 0 aliphatic heterocycles. The molecule has 0 heterocycles. The van der Waals surface area contributed by atoms with Crippen LogP contribution >= 0.6 is 0 Å². The molecule has 23 heavy (non-hydrogen) atoms. The van der Waals surface area contributed by atoms with E-state index in [-0.39, 0.29) is 30.1 Å². The minimum absolute atomic E-state index is 0.00913. The van der Waals surface area contributed by atoms with Gasteiger partial charge in [0.2, 0.25) is 5.91 Å². The van der Waals surface area contributed by atoms with Crippen LogP contribution in [-0.2, 0) is 9.59 Å². The topological polar surface area (TPSA) is 95.5 Å². The Morgan fingerprint density at radius 3 is 2.65 bits per heavy atom. The number of hydrogen-bond acceptors (Lipinski definition) is 3. The van der Waals surface area contributed by atoms with Crippen molar-refractivity contribution in [3.8, 4) is 0 Å². The summed E-state index contributed by atoms with van der Waals surface area (Å²) in [6.45, 7) is 4.09. The zero-order chi connectivity index (χ0) is 17.0. The number of hydrogen-bond donors (Lipinski definition) is 3. The van der Waals surface area contributed by atoms with Crippen LogP contribution in [-0.4, -0.2) is 29.4 Å². The number of amides is 2. The summed E-state index contributed by atoms with van der Waals surface area (Å²) in [6.07, 6.45) is 0.920. The zero-order valence-corrected chi connectivity index (χ0v) is 13.3. The molecule has 6 heteroatoms. The minimum Gasteiger partial charge on any atom is -0.481 e. The molecular weight excluding hydrogens is 296 g/mol. The van der Waals surface area contributed by atoms with Gasteiger partial charge in [0.25, 0.3) is 5.91 Å². The summed E-state index contributed by atoms with van der Waals surface area (Å²) in [7, 11) is 0. The van der Waals surface area contributed by atoms with Gasteiger partial charge in [-0.25, -0.2) is 0 Å². The third kappa shape index (κ3) is 5.09. The van der Waals surface area contributed by atoms with Crippen LogP contribution in [0, 0.1) is 17.8 Å². The van der Waals surface area contributed by atoms with Gasteiger partial charge in [0.1, 0.15) is 0 Å². The molecule has 1 saturated carbocycles. The summed E-state index contributed by atoms with van der Waals surface area (Å²) in [5.41, 5.74) is 1.04. The molecule has 3 unspecified atom stereocenters. The Hall–Kier alpha value is -2.37. The largest absolute Gasteiger partial charge is 0.481 e. The van der Waals surface area contributed by atoms with Gasteiger partial charge in [-0.1, -0.05) is 19.9 Å². The molecule has 3 N–H and O–H groups in total. The Morgan fingerprint density at radius 1 is 1.35 bits per heavy atom. The molecule has 1 aromatic carbocycles. The second-order valence-corrected chi connectivity index (χ2v) is 6.30. The van der Waals surface area contributed by atoms with Gasteiger partial charge in [-0.3, -0.25) is 14.4 Å². The third-order valence-electron chi connectivity index (χ3n) is 3.97. The van der Waals surface area contributed by atoms with Gasteiger partial charge in [0, 0.05) is 30.1 Å². The standard InChI is InChI=1S/C17H22N2O4/c1-10(6-15(20)21)9-18-16(22)12-4-3-5-13(8-12)19-17(23)14-7-11(14)2/h3-5,8,10-11,14H,6-7,9H2,1-2H3,(H,18,22)(H,19,23)(H,20,21). The molecule has 2 rings (SSSR count). The number of carboxylic acids is 1. The molecule has 1 aliphatic carbocycles. The first-order valence-corrected chi connectivity index (χ1v) is 7.77. The molecule has 124 valence electrons. The van der Waals surface area contributed by atoms with Crippen molar-refractivity contribution < 1.29 is 19.5 Å². The molecule has 1 aliphatic rings. The SMILES string of the molecule is CC(CNC(=O)c1cccc(NC(=O)C2CC2C)c1)CC(=O)O. The van der Waals surface area contributed by atoms with E-state index < -0.39 is 5.97 Å². The van der Waals surface area contributed by atoms with Crippen molar-refractivity contribution in [3.63, 3.8) is 0 Å². The highest BCUT2D eigenvalue weighted by molar-refractivity contribution is 5.98. The number of carbonyl (C=O) groups is 3. The Labute approximate surface area is 135 Å². The lowest BCUT2D eigenvalue weighted by Crippen LogP contribution is -2.29. The van der Waals surface area contributed by atoms with E-state index in [9.17, 15) is 14.4 Å². The van der Waals surface area contributed by atoms with Crippen molar-refractivity contribution in [1.29, 1.82) is 0 Å². The van der Waals surface area contributed by atoms with E-state index in [1.807, 2.05) is 6.92 Å². The summed E-state index contributed by atoms with van der Waals surface area (Å²) < 4.78 is 0. The van der Waals surface area contributed by atoms with Gasteiger partial charge >= 0.3 is 5.97 Å². The molecule has 0 saturated heterocycles. The Balaban J connectivity index is 1.89. The van der Waals surface area contributed by atoms with E-state index in [2.05, 4.69) is 10.6 Å². The fraction of sp³-hybridized carbons (Fsp3) is 0.471. The van der Waals surface area contributed by atoms with Crippen LogP contribution < -0.4 is 10.6 Å². The average molecular weight is 318 g/mol. The molecule has 0 radical (unpaired) electrons. The Morgan fingerprint density at radius 2 is 2.04 bits per heavy atom. The predicted octanol–water partition coefficient (Wildman–Crippen LogP) is 2.12. The molecule has 6 nitrogen and oxygen atoms in total. The van der Waals surface area contributed by atoms with Crippen LogP contribution in [0.3, 0.4) is 0 Å². The maximum atomic E-state index is 12.1. The summed E-state index contributed by atoms with van der Waals surface area (Å²) in [4.78, 5) is 34.6. The van der Waals surface area contributed by atoms with E-state index in [4.69, 9.17) is 5.11 Å². The van der Waals surface area contributed by atoms with E-state index in [0.717, 1.165) is 6.42 Å². The van der Waals surface area contributed by atoms with Crippen molar-refractivity contribution >= 4 is 23.5 Å². The molecule has 1 aromatic rings. The van der Waals surface area contributed by atoms with Crippen molar-refractivity contribution in [1.82, 2.24) is 5.32 Å². The van der Waals surface area contributed by atoms with Crippen LogP contribution in [0.4, 0.5) is 5.69 Å². The van der Waals surface area contributed by atoms with E-state index in [0.29, 0.717) is 23.7 Å². The maximum absolute atomic E-state index is 12.1. The Bertz CT molecular complexity index is 614. The first-order chi connectivity index (χ1) is 10.9.